The number of carbonyl (C=O) groups excluding carboxylic acids is 1. The van der Waals surface area contributed by atoms with E-state index in [2.05, 4.69) is 0 Å². The maximum Gasteiger partial charge on any atom is 0.327 e. The fourth-order valence-corrected chi connectivity index (χ4v) is 4.60. The van der Waals surface area contributed by atoms with Gasteiger partial charge in [0.2, 0.25) is 0 Å². The van der Waals surface area contributed by atoms with Crippen molar-refractivity contribution in [3.8, 4) is 0 Å². The number of nitrogens with two attached hydrogens (primary N) is 1. The molecule has 31 heavy (non-hydrogen) atoms. The van der Waals surface area contributed by atoms with Crippen LogP contribution in [0.2, 0.25) is 0 Å². The second-order valence-corrected chi connectivity index (χ2v) is 8.36. The number of nitrogens with zero attached hydrogens (tertiary/aromatic N) is 1. The summed E-state index contributed by atoms with van der Waals surface area (Å²) in [6.45, 7) is 3.76. The van der Waals surface area contributed by atoms with Gasteiger partial charge in [0.05, 0.1) is 6.04 Å². The van der Waals surface area contributed by atoms with Gasteiger partial charge in [-0.05, 0) is 40.1 Å². The molecule has 4 rings (SSSR count). The highest BCUT2D eigenvalue weighted by atomic mass is 19.1. The van der Waals surface area contributed by atoms with Crippen molar-refractivity contribution in [3.63, 3.8) is 0 Å². The lowest BCUT2D eigenvalue weighted by molar-refractivity contribution is -0.139. The Labute approximate surface area is 180 Å². The molecule has 3 aromatic carbocycles. The fourth-order valence-electron chi connectivity index (χ4n) is 4.60. The number of carboxylic acid groups (broad SMARTS) is 1. The zero-order chi connectivity index (χ0) is 22.3. The zero-order valence-electron chi connectivity index (χ0n) is 17.5. The summed E-state index contributed by atoms with van der Waals surface area (Å²) in [6, 6.07) is 15.9. The van der Waals surface area contributed by atoms with Gasteiger partial charge in [-0.3, -0.25) is 4.79 Å². The highest BCUT2D eigenvalue weighted by molar-refractivity contribution is 5.92. The number of hydrogen-bond donors (Lipinski definition) is 2. The number of rotatable bonds is 6. The third-order valence-corrected chi connectivity index (χ3v) is 6.09. The van der Waals surface area contributed by atoms with Crippen LogP contribution in [0.4, 0.5) is 10.1 Å². The number of benzene rings is 3. The van der Waals surface area contributed by atoms with E-state index in [0.29, 0.717) is 17.8 Å². The van der Waals surface area contributed by atoms with E-state index >= 15 is 0 Å². The van der Waals surface area contributed by atoms with E-state index in [1.165, 1.54) is 12.1 Å². The summed E-state index contributed by atoms with van der Waals surface area (Å²) in [5.74, 6) is -3.00. The molecule has 6 heteroatoms. The topological polar surface area (TPSA) is 83.6 Å². The Bertz CT molecular complexity index is 1160. The summed E-state index contributed by atoms with van der Waals surface area (Å²) >= 11 is 0. The van der Waals surface area contributed by atoms with Crippen LogP contribution in [0.25, 0.3) is 10.8 Å². The predicted octanol–water partition coefficient (Wildman–Crippen LogP) is 4.09. The van der Waals surface area contributed by atoms with E-state index in [-0.39, 0.29) is 11.7 Å². The van der Waals surface area contributed by atoms with Gasteiger partial charge in [0, 0.05) is 24.1 Å². The van der Waals surface area contributed by atoms with Gasteiger partial charge in [-0.2, -0.15) is 0 Å². The van der Waals surface area contributed by atoms with E-state index in [0.717, 1.165) is 16.3 Å². The van der Waals surface area contributed by atoms with Crippen LogP contribution < -0.4 is 10.6 Å². The predicted molar refractivity (Wildman–Crippen MR) is 119 cm³/mol. The molecule has 0 fully saturated rings. The number of carboxylic acids is 1. The standard InChI is InChI=1S/C25H25FN2O3/c1-14(2)24(29)22(27)21-19-12-17(26)10-11-20(19)28(23(21)25(30)31)13-16-8-5-7-15-6-3-4-9-18(15)16/h3-12,14,21-23H,13,27H2,1-2H3,(H,30,31). The first-order valence-electron chi connectivity index (χ1n) is 10.3. The summed E-state index contributed by atoms with van der Waals surface area (Å²) in [6.07, 6.45) is 0. The van der Waals surface area contributed by atoms with Crippen LogP contribution in [0, 0.1) is 11.7 Å². The molecular weight excluding hydrogens is 395 g/mol. The average Bonchev–Trinajstić information content (AvgIpc) is 3.06. The number of fused-ring (bicyclic) bond motifs is 2. The average molecular weight is 420 g/mol. The van der Waals surface area contributed by atoms with Crippen molar-refractivity contribution in [3.05, 3.63) is 77.6 Å². The van der Waals surface area contributed by atoms with Crippen LogP contribution in [-0.2, 0) is 16.1 Å². The molecule has 0 aromatic heterocycles. The molecule has 0 saturated heterocycles. The molecule has 0 radical (unpaired) electrons. The molecule has 0 saturated carbocycles. The first-order valence-corrected chi connectivity index (χ1v) is 10.3. The van der Waals surface area contributed by atoms with Crippen molar-refractivity contribution in [2.75, 3.05) is 4.90 Å². The Morgan fingerprint density at radius 3 is 2.52 bits per heavy atom. The smallest absolute Gasteiger partial charge is 0.327 e. The van der Waals surface area contributed by atoms with Gasteiger partial charge < -0.3 is 15.7 Å². The molecule has 3 atom stereocenters. The quantitative estimate of drug-likeness (QED) is 0.628. The molecule has 3 N–H and O–H groups in total. The monoisotopic (exact) mass is 420 g/mol. The third-order valence-electron chi connectivity index (χ3n) is 6.09. The minimum absolute atomic E-state index is 0.238. The second kappa shape index (κ2) is 8.12. The normalized spacial score (nSPS) is 18.9. The maximum absolute atomic E-state index is 14.2. The molecule has 1 aliphatic heterocycles. The number of ketones is 1. The zero-order valence-corrected chi connectivity index (χ0v) is 17.5. The summed E-state index contributed by atoms with van der Waals surface area (Å²) in [5, 5.41) is 12.2. The van der Waals surface area contributed by atoms with Crippen LogP contribution in [-0.4, -0.2) is 28.9 Å². The number of aliphatic carboxylic acids is 1. The van der Waals surface area contributed by atoms with Gasteiger partial charge in [-0.15, -0.1) is 0 Å². The Balaban J connectivity index is 1.83. The fraction of sp³-hybridized carbons (Fsp3) is 0.280. The number of halogens is 1. The Kier molecular flexibility index (Phi) is 5.50. The van der Waals surface area contributed by atoms with Crippen LogP contribution in [0.15, 0.2) is 60.7 Å². The van der Waals surface area contributed by atoms with E-state index in [4.69, 9.17) is 5.73 Å². The lowest BCUT2D eigenvalue weighted by Gasteiger charge is -2.30. The second-order valence-electron chi connectivity index (χ2n) is 8.36. The van der Waals surface area contributed by atoms with Gasteiger partial charge in [-0.1, -0.05) is 56.3 Å². The largest absolute Gasteiger partial charge is 0.480 e. The first kappa shape index (κ1) is 21.0. The van der Waals surface area contributed by atoms with E-state index in [9.17, 15) is 19.1 Å². The summed E-state index contributed by atoms with van der Waals surface area (Å²) < 4.78 is 14.2. The van der Waals surface area contributed by atoms with Crippen molar-refractivity contribution in [1.82, 2.24) is 0 Å². The molecule has 1 aliphatic rings. The molecular formula is C25H25FN2O3. The number of hydrogen-bond acceptors (Lipinski definition) is 4. The van der Waals surface area contributed by atoms with E-state index in [1.807, 2.05) is 42.5 Å². The van der Waals surface area contributed by atoms with Crippen molar-refractivity contribution in [2.45, 2.75) is 38.4 Å². The lowest BCUT2D eigenvalue weighted by atomic mass is 9.83. The van der Waals surface area contributed by atoms with Crippen molar-refractivity contribution in [2.24, 2.45) is 11.7 Å². The van der Waals surface area contributed by atoms with Gasteiger partial charge >= 0.3 is 5.97 Å². The highest BCUT2D eigenvalue weighted by Crippen LogP contribution is 2.44. The summed E-state index contributed by atoms with van der Waals surface area (Å²) in [7, 11) is 0. The van der Waals surface area contributed by atoms with Gasteiger partial charge in [0.25, 0.3) is 0 Å². The number of Topliss-reactive ketones (excluding diaryl/α,β-unsaturated/α-hetero) is 1. The van der Waals surface area contributed by atoms with Gasteiger partial charge in [0.1, 0.15) is 11.9 Å². The van der Waals surface area contributed by atoms with Crippen molar-refractivity contribution in [1.29, 1.82) is 0 Å². The van der Waals surface area contributed by atoms with Crippen LogP contribution >= 0.6 is 0 Å². The molecule has 0 bridgehead atoms. The van der Waals surface area contributed by atoms with Crippen molar-refractivity contribution < 1.29 is 19.1 Å². The minimum atomic E-state index is -1.09. The first-order chi connectivity index (χ1) is 14.8. The molecule has 5 nitrogen and oxygen atoms in total. The Morgan fingerprint density at radius 1 is 1.10 bits per heavy atom. The van der Waals surface area contributed by atoms with E-state index in [1.54, 1.807) is 24.8 Å². The van der Waals surface area contributed by atoms with Crippen LogP contribution in [0.5, 0.6) is 0 Å². The molecule has 0 aliphatic carbocycles. The number of carbonyl (C=O) groups is 2. The van der Waals surface area contributed by atoms with Crippen LogP contribution in [0.3, 0.4) is 0 Å². The molecule has 160 valence electrons. The Morgan fingerprint density at radius 2 is 1.81 bits per heavy atom. The SMILES string of the molecule is CC(C)C(=O)C(N)C1c2cc(F)ccc2N(Cc2cccc3ccccc23)C1C(=O)O. The number of anilines is 1. The van der Waals surface area contributed by atoms with Gasteiger partial charge in [-0.25, -0.2) is 9.18 Å². The third kappa shape index (κ3) is 3.68. The lowest BCUT2D eigenvalue weighted by Crippen LogP contribution is -2.49. The molecule has 1 heterocycles. The summed E-state index contributed by atoms with van der Waals surface area (Å²) in [4.78, 5) is 26.9. The van der Waals surface area contributed by atoms with Gasteiger partial charge in [0.15, 0.2) is 5.78 Å². The van der Waals surface area contributed by atoms with Crippen LogP contribution in [0.1, 0.15) is 30.9 Å². The molecule has 3 unspecified atom stereocenters. The maximum atomic E-state index is 14.2. The van der Waals surface area contributed by atoms with E-state index < -0.39 is 29.8 Å². The molecule has 0 amide bonds. The molecule has 3 aromatic rings. The Hall–Kier alpha value is -3.25. The highest BCUT2D eigenvalue weighted by Gasteiger charge is 2.48. The minimum Gasteiger partial charge on any atom is -0.480 e. The van der Waals surface area contributed by atoms with Crippen molar-refractivity contribution >= 4 is 28.2 Å². The summed E-state index contributed by atoms with van der Waals surface area (Å²) in [5.41, 5.74) is 8.31. The molecule has 0 spiro atoms.